The summed E-state index contributed by atoms with van der Waals surface area (Å²) in [5.74, 6) is -1.65. The summed E-state index contributed by atoms with van der Waals surface area (Å²) < 4.78 is 5.55. The van der Waals surface area contributed by atoms with Crippen molar-refractivity contribution in [1.82, 2.24) is 10.6 Å². The van der Waals surface area contributed by atoms with Gasteiger partial charge in [0.25, 0.3) is 0 Å². The number of hydrogen-bond acceptors (Lipinski definition) is 4. The van der Waals surface area contributed by atoms with Gasteiger partial charge in [0.05, 0.1) is 5.92 Å². The summed E-state index contributed by atoms with van der Waals surface area (Å²) in [4.78, 5) is 35.4. The Kier molecular flexibility index (Phi) is 7.87. The average molecular weight is 439 g/mol. The van der Waals surface area contributed by atoms with E-state index in [1.54, 1.807) is 6.92 Å². The molecule has 1 aliphatic carbocycles. The van der Waals surface area contributed by atoms with Crippen LogP contribution < -0.4 is 10.6 Å². The topological polar surface area (TPSA) is 105 Å². The number of benzene rings is 2. The molecule has 0 radical (unpaired) electrons. The SMILES string of the molecule is CCC(CC(=O)NCCC(C)C(=O)O)NC(=O)OCC1c2ccccc2-c2ccccc21. The van der Waals surface area contributed by atoms with Crippen LogP contribution in [0, 0.1) is 5.92 Å². The lowest BCUT2D eigenvalue weighted by atomic mass is 9.98. The van der Waals surface area contributed by atoms with Crippen LogP contribution in [0.5, 0.6) is 0 Å². The fourth-order valence-electron chi connectivity index (χ4n) is 3.95. The molecule has 0 spiro atoms. The third-order valence-corrected chi connectivity index (χ3v) is 5.91. The first kappa shape index (κ1) is 23.3. The summed E-state index contributed by atoms with van der Waals surface area (Å²) in [6.07, 6.45) is 0.495. The Morgan fingerprint density at radius 1 is 1.03 bits per heavy atom. The number of ether oxygens (including phenoxy) is 1. The van der Waals surface area contributed by atoms with E-state index in [1.165, 1.54) is 0 Å². The van der Waals surface area contributed by atoms with Gasteiger partial charge in [-0.1, -0.05) is 62.4 Å². The van der Waals surface area contributed by atoms with Gasteiger partial charge in [-0.25, -0.2) is 4.79 Å². The van der Waals surface area contributed by atoms with Crippen LogP contribution in [-0.4, -0.2) is 42.3 Å². The maximum absolute atomic E-state index is 12.4. The second-order valence-corrected chi connectivity index (χ2v) is 8.16. The zero-order valence-electron chi connectivity index (χ0n) is 18.5. The van der Waals surface area contributed by atoms with Gasteiger partial charge in [-0.05, 0) is 35.1 Å². The Balaban J connectivity index is 1.50. The molecule has 0 saturated carbocycles. The van der Waals surface area contributed by atoms with Crippen LogP contribution in [0.2, 0.25) is 0 Å². The first-order chi connectivity index (χ1) is 15.4. The first-order valence-electron chi connectivity index (χ1n) is 11.0. The van der Waals surface area contributed by atoms with Crippen LogP contribution >= 0.6 is 0 Å². The summed E-state index contributed by atoms with van der Waals surface area (Å²) in [6.45, 7) is 3.99. The maximum Gasteiger partial charge on any atom is 0.407 e. The average Bonchev–Trinajstić information content (AvgIpc) is 3.10. The van der Waals surface area contributed by atoms with Crippen molar-refractivity contribution in [1.29, 1.82) is 0 Å². The number of carbonyl (C=O) groups is 3. The number of carboxylic acids is 1. The standard InChI is InChI=1S/C25H30N2O5/c1-3-17(14-23(28)26-13-12-16(2)24(29)30)27-25(31)32-15-22-20-10-6-4-8-18(20)19-9-5-7-11-21(19)22/h4-11,16-17,22H,3,12-15H2,1-2H3,(H,26,28)(H,27,31)(H,29,30). The van der Waals surface area contributed by atoms with Gasteiger partial charge in [0.15, 0.2) is 0 Å². The van der Waals surface area contributed by atoms with E-state index in [4.69, 9.17) is 9.84 Å². The van der Waals surface area contributed by atoms with E-state index in [-0.39, 0.29) is 37.4 Å². The smallest absolute Gasteiger partial charge is 0.407 e. The predicted molar refractivity (Wildman–Crippen MR) is 121 cm³/mol. The van der Waals surface area contributed by atoms with Crippen LogP contribution in [0.1, 0.15) is 50.2 Å². The molecule has 170 valence electrons. The molecule has 2 unspecified atom stereocenters. The normalized spacial score (nSPS) is 14.1. The molecule has 0 heterocycles. The molecule has 2 amide bonds. The fourth-order valence-corrected chi connectivity index (χ4v) is 3.95. The molecule has 0 bridgehead atoms. The first-order valence-corrected chi connectivity index (χ1v) is 11.0. The quantitative estimate of drug-likeness (QED) is 0.521. The number of amides is 2. The maximum atomic E-state index is 12.4. The number of carbonyl (C=O) groups excluding carboxylic acids is 2. The predicted octanol–water partition coefficient (Wildman–Crippen LogP) is 3.92. The molecule has 0 saturated heterocycles. The van der Waals surface area contributed by atoms with Crippen LogP contribution in [-0.2, 0) is 14.3 Å². The Hall–Kier alpha value is -3.35. The Morgan fingerprint density at radius 3 is 2.19 bits per heavy atom. The van der Waals surface area contributed by atoms with E-state index in [2.05, 4.69) is 34.9 Å². The molecule has 7 heteroatoms. The third kappa shape index (κ3) is 5.66. The van der Waals surface area contributed by atoms with Gasteiger partial charge in [0.2, 0.25) is 5.91 Å². The molecule has 0 aliphatic heterocycles. The Bertz CT molecular complexity index is 929. The number of fused-ring (bicyclic) bond motifs is 3. The van der Waals surface area contributed by atoms with E-state index < -0.39 is 18.0 Å². The van der Waals surface area contributed by atoms with E-state index in [0.29, 0.717) is 12.8 Å². The van der Waals surface area contributed by atoms with E-state index in [9.17, 15) is 14.4 Å². The number of rotatable bonds is 10. The number of nitrogens with one attached hydrogen (secondary N) is 2. The van der Waals surface area contributed by atoms with Crippen molar-refractivity contribution in [3.8, 4) is 11.1 Å². The lowest BCUT2D eigenvalue weighted by molar-refractivity contribution is -0.141. The Morgan fingerprint density at radius 2 is 1.62 bits per heavy atom. The molecule has 2 aromatic rings. The number of alkyl carbamates (subject to hydrolysis) is 1. The van der Waals surface area contributed by atoms with Crippen LogP contribution in [0.3, 0.4) is 0 Å². The molecule has 0 aromatic heterocycles. The second-order valence-electron chi connectivity index (χ2n) is 8.16. The van der Waals surface area contributed by atoms with Crippen molar-refractivity contribution in [2.75, 3.05) is 13.2 Å². The van der Waals surface area contributed by atoms with Crippen molar-refractivity contribution >= 4 is 18.0 Å². The van der Waals surface area contributed by atoms with Crippen molar-refractivity contribution in [2.24, 2.45) is 5.92 Å². The van der Waals surface area contributed by atoms with Gasteiger partial charge in [0, 0.05) is 24.9 Å². The minimum Gasteiger partial charge on any atom is -0.481 e. The number of aliphatic carboxylic acids is 1. The fraction of sp³-hybridized carbons (Fsp3) is 0.400. The largest absolute Gasteiger partial charge is 0.481 e. The molecule has 0 fully saturated rings. The van der Waals surface area contributed by atoms with E-state index >= 15 is 0 Å². The highest BCUT2D eigenvalue weighted by molar-refractivity contribution is 5.79. The molecule has 1 aliphatic rings. The van der Waals surface area contributed by atoms with Gasteiger partial charge in [-0.15, -0.1) is 0 Å². The molecule has 3 N–H and O–H groups in total. The molecular weight excluding hydrogens is 408 g/mol. The van der Waals surface area contributed by atoms with E-state index in [0.717, 1.165) is 22.3 Å². The molecule has 2 aromatic carbocycles. The highest BCUT2D eigenvalue weighted by Gasteiger charge is 2.29. The number of carboxylic acid groups (broad SMARTS) is 1. The van der Waals surface area contributed by atoms with Gasteiger partial charge in [-0.2, -0.15) is 0 Å². The summed E-state index contributed by atoms with van der Waals surface area (Å²) in [7, 11) is 0. The number of hydrogen-bond donors (Lipinski definition) is 3. The Labute approximate surface area is 188 Å². The van der Waals surface area contributed by atoms with Gasteiger partial charge in [0.1, 0.15) is 6.61 Å². The lowest BCUT2D eigenvalue weighted by Gasteiger charge is -2.19. The van der Waals surface area contributed by atoms with Crippen LogP contribution in [0.15, 0.2) is 48.5 Å². The summed E-state index contributed by atoms with van der Waals surface area (Å²) in [5, 5.41) is 14.4. The molecule has 7 nitrogen and oxygen atoms in total. The molecule has 32 heavy (non-hydrogen) atoms. The third-order valence-electron chi connectivity index (χ3n) is 5.91. The van der Waals surface area contributed by atoms with Crippen molar-refractivity contribution in [2.45, 2.75) is 45.1 Å². The lowest BCUT2D eigenvalue weighted by Crippen LogP contribution is -2.39. The highest BCUT2D eigenvalue weighted by Crippen LogP contribution is 2.44. The van der Waals surface area contributed by atoms with Gasteiger partial charge < -0.3 is 20.5 Å². The van der Waals surface area contributed by atoms with Crippen LogP contribution in [0.25, 0.3) is 11.1 Å². The monoisotopic (exact) mass is 438 g/mol. The minimum absolute atomic E-state index is 0.0206. The zero-order valence-corrected chi connectivity index (χ0v) is 18.5. The second kappa shape index (κ2) is 10.8. The molecule has 2 atom stereocenters. The summed E-state index contributed by atoms with van der Waals surface area (Å²) >= 11 is 0. The highest BCUT2D eigenvalue weighted by atomic mass is 16.5. The molecular formula is C25H30N2O5. The summed E-state index contributed by atoms with van der Waals surface area (Å²) in [6, 6.07) is 15.9. The minimum atomic E-state index is -0.886. The van der Waals surface area contributed by atoms with E-state index in [1.807, 2.05) is 31.2 Å². The van der Waals surface area contributed by atoms with Crippen molar-refractivity contribution in [3.63, 3.8) is 0 Å². The van der Waals surface area contributed by atoms with Crippen LogP contribution in [0.4, 0.5) is 4.79 Å². The molecule has 3 rings (SSSR count). The summed E-state index contributed by atoms with van der Waals surface area (Å²) in [5.41, 5.74) is 4.61. The van der Waals surface area contributed by atoms with Crippen molar-refractivity contribution in [3.05, 3.63) is 59.7 Å². The van der Waals surface area contributed by atoms with Gasteiger partial charge in [-0.3, -0.25) is 9.59 Å². The van der Waals surface area contributed by atoms with Gasteiger partial charge >= 0.3 is 12.1 Å². The zero-order chi connectivity index (χ0) is 23.1. The van der Waals surface area contributed by atoms with Crippen molar-refractivity contribution < 1.29 is 24.2 Å².